The first-order chi connectivity index (χ1) is 15.2. The van der Waals surface area contributed by atoms with Gasteiger partial charge in [-0.05, 0) is 24.6 Å². The zero-order valence-corrected chi connectivity index (χ0v) is 18.9. The average molecular weight is 479 g/mol. The molecule has 0 unspecified atom stereocenters. The Labute approximate surface area is 191 Å². The smallest absolute Gasteiger partial charge is 0.271 e. The van der Waals surface area contributed by atoms with E-state index in [2.05, 4.69) is 5.32 Å². The fourth-order valence-corrected chi connectivity index (χ4v) is 4.62. The number of hydrogen-bond acceptors (Lipinski definition) is 6. The number of carbonyl (C=O) groups is 1. The number of benzene rings is 2. The molecule has 1 heterocycles. The van der Waals surface area contributed by atoms with E-state index in [9.17, 15) is 23.3 Å². The molecule has 0 aliphatic carbocycles. The van der Waals surface area contributed by atoms with Gasteiger partial charge in [0, 0.05) is 43.7 Å². The molecule has 3 rings (SSSR count). The van der Waals surface area contributed by atoms with Crippen molar-refractivity contribution in [3.05, 3.63) is 74.6 Å². The van der Waals surface area contributed by atoms with E-state index in [1.165, 1.54) is 27.9 Å². The Hall–Kier alpha value is -2.79. The van der Waals surface area contributed by atoms with Gasteiger partial charge in [0.1, 0.15) is 0 Å². The lowest BCUT2D eigenvalue weighted by Gasteiger charge is -2.36. The fourth-order valence-electron chi connectivity index (χ4n) is 3.29. The summed E-state index contributed by atoms with van der Waals surface area (Å²) in [6, 6.07) is 12.4. The van der Waals surface area contributed by atoms with Gasteiger partial charge >= 0.3 is 0 Å². The summed E-state index contributed by atoms with van der Waals surface area (Å²) >= 11 is 6.05. The molecule has 1 aliphatic rings. The van der Waals surface area contributed by atoms with E-state index in [4.69, 9.17) is 11.6 Å². The summed E-state index contributed by atoms with van der Waals surface area (Å²) in [5, 5.41) is 15.0. The van der Waals surface area contributed by atoms with Crippen LogP contribution in [-0.2, 0) is 14.8 Å². The quantitative estimate of drug-likeness (QED) is 0.483. The molecule has 9 nitrogen and oxygen atoms in total. The molecule has 1 amide bonds. The van der Waals surface area contributed by atoms with Crippen LogP contribution in [0, 0.1) is 10.1 Å². The molecule has 0 bridgehead atoms. The molecule has 170 valence electrons. The monoisotopic (exact) mass is 478 g/mol. The number of nitro groups is 1. The van der Waals surface area contributed by atoms with Crippen LogP contribution < -0.4 is 5.32 Å². The van der Waals surface area contributed by atoms with E-state index >= 15 is 0 Å². The van der Waals surface area contributed by atoms with Crippen LogP contribution in [0.3, 0.4) is 0 Å². The van der Waals surface area contributed by atoms with Gasteiger partial charge in [-0.25, -0.2) is 8.42 Å². The van der Waals surface area contributed by atoms with Crippen molar-refractivity contribution >= 4 is 45.0 Å². The number of nitrogens with one attached hydrogen (secondary N) is 1. The summed E-state index contributed by atoms with van der Waals surface area (Å²) in [5.74, 6) is -0.382. The van der Waals surface area contributed by atoms with Crippen LogP contribution in [0.4, 0.5) is 11.4 Å². The number of nitrogens with zero attached hydrogens (tertiary/aromatic N) is 3. The van der Waals surface area contributed by atoms with Crippen LogP contribution in [-0.4, -0.2) is 60.7 Å². The number of nitro benzene ring substituents is 1. The molecule has 0 spiro atoms. The highest BCUT2D eigenvalue weighted by Gasteiger charge is 2.30. The maximum Gasteiger partial charge on any atom is 0.271 e. The van der Waals surface area contributed by atoms with Gasteiger partial charge in [-0.3, -0.25) is 19.8 Å². The van der Waals surface area contributed by atoms with Crippen LogP contribution in [0.2, 0.25) is 5.02 Å². The lowest BCUT2D eigenvalue weighted by Crippen LogP contribution is -2.53. The Kier molecular flexibility index (Phi) is 7.62. The molecule has 1 atom stereocenters. The number of non-ortho nitro benzene ring substituents is 1. The number of piperazine rings is 1. The molecular weight excluding hydrogens is 456 g/mol. The van der Waals surface area contributed by atoms with Crippen LogP contribution in [0.1, 0.15) is 12.5 Å². The zero-order valence-electron chi connectivity index (χ0n) is 17.3. The normalized spacial score (nSPS) is 16.7. The predicted molar refractivity (Wildman–Crippen MR) is 124 cm³/mol. The van der Waals surface area contributed by atoms with Gasteiger partial charge in [0.25, 0.3) is 5.69 Å². The Balaban J connectivity index is 1.58. The molecular formula is C21H23ClN4O5S. The molecule has 1 N–H and O–H groups in total. The highest BCUT2D eigenvalue weighted by atomic mass is 35.5. The second-order valence-corrected chi connectivity index (χ2v) is 9.51. The lowest BCUT2D eigenvalue weighted by atomic mass is 10.2. The SMILES string of the molecule is C[C@@H](C(=O)Nc1cc([N+](=O)[O-])ccc1Cl)N1CCN(S(=O)(=O)/C=C/c2ccccc2)CC1. The fraction of sp³-hybridized carbons (Fsp3) is 0.286. The van der Waals surface area contributed by atoms with Gasteiger partial charge in [-0.15, -0.1) is 0 Å². The number of amides is 1. The molecule has 0 saturated carbocycles. The average Bonchev–Trinajstić information content (AvgIpc) is 2.79. The summed E-state index contributed by atoms with van der Waals surface area (Å²) in [7, 11) is -3.57. The molecule has 2 aromatic carbocycles. The van der Waals surface area contributed by atoms with Gasteiger partial charge in [-0.2, -0.15) is 4.31 Å². The Morgan fingerprint density at radius 2 is 1.81 bits per heavy atom. The topological polar surface area (TPSA) is 113 Å². The maximum atomic E-state index is 12.7. The van der Waals surface area contributed by atoms with Crippen molar-refractivity contribution in [2.24, 2.45) is 0 Å². The van der Waals surface area contributed by atoms with Crippen molar-refractivity contribution in [2.75, 3.05) is 31.5 Å². The van der Waals surface area contributed by atoms with E-state index in [1.807, 2.05) is 35.2 Å². The third kappa shape index (κ3) is 5.92. The molecule has 0 radical (unpaired) electrons. The molecule has 11 heteroatoms. The van der Waals surface area contributed by atoms with Gasteiger partial charge in [0.2, 0.25) is 15.9 Å². The summed E-state index contributed by atoms with van der Waals surface area (Å²) in [6.07, 6.45) is 1.56. The highest BCUT2D eigenvalue weighted by molar-refractivity contribution is 7.92. The second-order valence-electron chi connectivity index (χ2n) is 7.28. The summed E-state index contributed by atoms with van der Waals surface area (Å²) in [4.78, 5) is 24.9. The van der Waals surface area contributed by atoms with Crippen molar-refractivity contribution in [2.45, 2.75) is 13.0 Å². The van der Waals surface area contributed by atoms with Gasteiger partial charge in [0.05, 0.1) is 21.7 Å². The van der Waals surface area contributed by atoms with Gasteiger partial charge < -0.3 is 5.32 Å². The minimum absolute atomic E-state index is 0.157. The Morgan fingerprint density at radius 3 is 2.44 bits per heavy atom. The summed E-state index contributed by atoms with van der Waals surface area (Å²) in [6.45, 7) is 2.93. The first-order valence-electron chi connectivity index (χ1n) is 9.89. The van der Waals surface area contributed by atoms with E-state index in [1.54, 1.807) is 13.0 Å². The first kappa shape index (κ1) is 23.9. The Morgan fingerprint density at radius 1 is 1.16 bits per heavy atom. The maximum absolute atomic E-state index is 12.7. The zero-order chi connectivity index (χ0) is 23.3. The first-order valence-corrected chi connectivity index (χ1v) is 11.8. The van der Waals surface area contributed by atoms with Crippen molar-refractivity contribution < 1.29 is 18.1 Å². The number of rotatable bonds is 7. The molecule has 1 saturated heterocycles. The molecule has 2 aromatic rings. The van der Waals surface area contributed by atoms with Crippen molar-refractivity contribution in [1.82, 2.24) is 9.21 Å². The third-order valence-corrected chi connectivity index (χ3v) is 7.11. The van der Waals surface area contributed by atoms with Crippen LogP contribution >= 0.6 is 11.6 Å². The van der Waals surface area contributed by atoms with Crippen LogP contribution in [0.15, 0.2) is 53.9 Å². The molecule has 0 aromatic heterocycles. The van der Waals surface area contributed by atoms with Gasteiger partial charge in [-0.1, -0.05) is 41.9 Å². The van der Waals surface area contributed by atoms with E-state index in [0.717, 1.165) is 5.56 Å². The molecule has 32 heavy (non-hydrogen) atoms. The standard InChI is InChI=1S/C21H23ClN4O5S/c1-16(21(27)23-20-15-18(26(28)29)7-8-19(20)22)24-10-12-25(13-11-24)32(30,31)14-9-17-5-3-2-4-6-17/h2-9,14-16H,10-13H2,1H3,(H,23,27)/b14-9+/t16-/m0/s1. The van der Waals surface area contributed by atoms with E-state index in [-0.39, 0.29) is 35.4 Å². The predicted octanol–water partition coefficient (Wildman–Crippen LogP) is 3.19. The number of carbonyl (C=O) groups excluding carboxylic acids is 1. The van der Waals surface area contributed by atoms with Crippen LogP contribution in [0.25, 0.3) is 6.08 Å². The lowest BCUT2D eigenvalue weighted by molar-refractivity contribution is -0.384. The minimum Gasteiger partial charge on any atom is -0.323 e. The van der Waals surface area contributed by atoms with Crippen LogP contribution in [0.5, 0.6) is 0 Å². The third-order valence-electron chi connectivity index (χ3n) is 5.21. The highest BCUT2D eigenvalue weighted by Crippen LogP contribution is 2.27. The van der Waals surface area contributed by atoms with Crippen molar-refractivity contribution in [1.29, 1.82) is 0 Å². The minimum atomic E-state index is -3.57. The van der Waals surface area contributed by atoms with E-state index in [0.29, 0.717) is 13.1 Å². The second kappa shape index (κ2) is 10.2. The molecule has 1 fully saturated rings. The number of halogens is 1. The van der Waals surface area contributed by atoms with E-state index < -0.39 is 21.0 Å². The van der Waals surface area contributed by atoms with Crippen molar-refractivity contribution in [3.63, 3.8) is 0 Å². The number of anilines is 1. The Bertz CT molecular complexity index is 1120. The number of sulfonamides is 1. The largest absolute Gasteiger partial charge is 0.323 e. The summed E-state index contributed by atoms with van der Waals surface area (Å²) < 4.78 is 26.6. The summed E-state index contributed by atoms with van der Waals surface area (Å²) in [5.41, 5.74) is 0.768. The molecule has 1 aliphatic heterocycles. The van der Waals surface area contributed by atoms with Crippen molar-refractivity contribution in [3.8, 4) is 0 Å². The number of hydrogen-bond donors (Lipinski definition) is 1. The van der Waals surface area contributed by atoms with Gasteiger partial charge in [0.15, 0.2) is 0 Å².